The molecule has 1 aliphatic rings. The topological polar surface area (TPSA) is 98.9 Å². The van der Waals surface area contributed by atoms with Crippen molar-refractivity contribution in [1.29, 1.82) is 0 Å². The fourth-order valence-electron chi connectivity index (χ4n) is 3.57. The minimum absolute atomic E-state index is 0.0763. The summed E-state index contributed by atoms with van der Waals surface area (Å²) in [5.41, 5.74) is 3.15. The number of fused-ring (bicyclic) bond motifs is 1. The molecule has 1 heterocycles. The third kappa shape index (κ3) is 4.45. The van der Waals surface area contributed by atoms with Gasteiger partial charge in [-0.15, -0.1) is 0 Å². The SMILES string of the molecule is CC(C)C(NC(=O)Nc1ccccc1)C(=O)Nc1ccc2nc(C3CCC3)[nH]c2c1. The van der Waals surface area contributed by atoms with Crippen molar-refractivity contribution in [3.05, 3.63) is 54.4 Å². The summed E-state index contributed by atoms with van der Waals surface area (Å²) >= 11 is 0. The van der Waals surface area contributed by atoms with Gasteiger partial charge in [0.05, 0.1) is 11.0 Å². The number of carbonyl (C=O) groups excluding carboxylic acids is 2. The Morgan fingerprint density at radius 1 is 1.03 bits per heavy atom. The van der Waals surface area contributed by atoms with Crippen LogP contribution in [0.5, 0.6) is 0 Å². The monoisotopic (exact) mass is 405 g/mol. The van der Waals surface area contributed by atoms with Gasteiger partial charge in [-0.05, 0) is 49.1 Å². The van der Waals surface area contributed by atoms with E-state index in [2.05, 4.69) is 25.9 Å². The fourth-order valence-corrected chi connectivity index (χ4v) is 3.57. The first-order valence-corrected chi connectivity index (χ1v) is 10.4. The first kappa shape index (κ1) is 19.9. The summed E-state index contributed by atoms with van der Waals surface area (Å²) in [6.45, 7) is 3.80. The summed E-state index contributed by atoms with van der Waals surface area (Å²) in [5, 5.41) is 8.45. The Kier molecular flexibility index (Phi) is 5.70. The molecule has 1 aliphatic carbocycles. The van der Waals surface area contributed by atoms with Crippen LogP contribution >= 0.6 is 0 Å². The van der Waals surface area contributed by atoms with Crippen LogP contribution in [0.1, 0.15) is 44.9 Å². The smallest absolute Gasteiger partial charge is 0.319 e. The van der Waals surface area contributed by atoms with Crippen molar-refractivity contribution >= 4 is 34.3 Å². The first-order chi connectivity index (χ1) is 14.5. The molecule has 1 fully saturated rings. The maximum Gasteiger partial charge on any atom is 0.319 e. The highest BCUT2D eigenvalue weighted by Crippen LogP contribution is 2.35. The van der Waals surface area contributed by atoms with Gasteiger partial charge in [0.15, 0.2) is 0 Å². The molecule has 156 valence electrons. The number of nitrogens with one attached hydrogen (secondary N) is 4. The third-order valence-electron chi connectivity index (χ3n) is 5.53. The Bertz CT molecular complexity index is 1040. The van der Waals surface area contributed by atoms with E-state index >= 15 is 0 Å². The van der Waals surface area contributed by atoms with Crippen LogP contribution in [-0.2, 0) is 4.79 Å². The number of rotatable bonds is 6. The number of carbonyl (C=O) groups is 2. The number of hydrogen-bond donors (Lipinski definition) is 4. The lowest BCUT2D eigenvalue weighted by atomic mass is 9.85. The molecular formula is C23H27N5O2. The lowest BCUT2D eigenvalue weighted by Gasteiger charge is -2.22. The van der Waals surface area contributed by atoms with Crippen LogP contribution in [0.3, 0.4) is 0 Å². The highest BCUT2D eigenvalue weighted by Gasteiger charge is 2.25. The molecule has 7 nitrogen and oxygen atoms in total. The molecule has 0 aliphatic heterocycles. The molecule has 1 saturated carbocycles. The molecule has 4 rings (SSSR count). The number of H-pyrrole nitrogens is 1. The normalized spacial score (nSPS) is 14.9. The standard InChI is InChI=1S/C23H27N5O2/c1-14(2)20(28-23(30)25-16-9-4-3-5-10-16)22(29)24-17-11-12-18-19(13-17)27-21(26-18)15-7-6-8-15/h3-5,9-15,20H,6-8H2,1-2H3,(H,24,29)(H,26,27)(H2,25,28,30). The largest absolute Gasteiger partial charge is 0.342 e. The van der Waals surface area contributed by atoms with Crippen molar-refractivity contribution in [2.75, 3.05) is 10.6 Å². The van der Waals surface area contributed by atoms with E-state index in [9.17, 15) is 9.59 Å². The van der Waals surface area contributed by atoms with E-state index in [0.29, 0.717) is 17.3 Å². The average Bonchev–Trinajstić information content (AvgIpc) is 3.07. The van der Waals surface area contributed by atoms with Gasteiger partial charge in [0, 0.05) is 17.3 Å². The Morgan fingerprint density at radius 3 is 2.47 bits per heavy atom. The van der Waals surface area contributed by atoms with Crippen LogP contribution < -0.4 is 16.0 Å². The molecule has 7 heteroatoms. The molecule has 0 spiro atoms. The van der Waals surface area contributed by atoms with Crippen LogP contribution in [-0.4, -0.2) is 27.9 Å². The number of urea groups is 1. The number of aromatic amines is 1. The van der Waals surface area contributed by atoms with Gasteiger partial charge in [0.2, 0.25) is 5.91 Å². The molecule has 1 unspecified atom stereocenters. The Labute approximate surface area is 175 Å². The molecule has 4 N–H and O–H groups in total. The molecular weight excluding hydrogens is 378 g/mol. The fraction of sp³-hybridized carbons (Fsp3) is 0.348. The quantitative estimate of drug-likeness (QED) is 0.482. The molecule has 0 bridgehead atoms. The summed E-state index contributed by atoms with van der Waals surface area (Å²) in [6.07, 6.45) is 3.61. The predicted octanol–water partition coefficient (Wildman–Crippen LogP) is 4.62. The molecule has 30 heavy (non-hydrogen) atoms. The third-order valence-corrected chi connectivity index (χ3v) is 5.53. The molecule has 0 radical (unpaired) electrons. The van der Waals surface area contributed by atoms with E-state index in [1.54, 1.807) is 12.1 Å². The van der Waals surface area contributed by atoms with Crippen molar-refractivity contribution in [1.82, 2.24) is 15.3 Å². The maximum atomic E-state index is 12.9. The second kappa shape index (κ2) is 8.57. The summed E-state index contributed by atoms with van der Waals surface area (Å²) in [5.74, 6) is 1.21. The second-order valence-electron chi connectivity index (χ2n) is 8.16. The van der Waals surface area contributed by atoms with Crippen molar-refractivity contribution in [3.8, 4) is 0 Å². The van der Waals surface area contributed by atoms with E-state index in [4.69, 9.17) is 0 Å². The molecule has 1 atom stereocenters. The molecule has 1 aromatic heterocycles. The van der Waals surface area contributed by atoms with Crippen LogP contribution in [0.2, 0.25) is 0 Å². The molecule has 2 aromatic carbocycles. The number of imidazole rings is 1. The van der Waals surface area contributed by atoms with Crippen LogP contribution in [0.15, 0.2) is 48.5 Å². The lowest BCUT2D eigenvalue weighted by Crippen LogP contribution is -2.48. The van der Waals surface area contributed by atoms with E-state index in [-0.39, 0.29) is 11.8 Å². The van der Waals surface area contributed by atoms with Gasteiger partial charge in [-0.1, -0.05) is 38.5 Å². The van der Waals surface area contributed by atoms with E-state index in [0.717, 1.165) is 16.9 Å². The Hall–Kier alpha value is -3.35. The average molecular weight is 406 g/mol. The number of benzene rings is 2. The summed E-state index contributed by atoms with van der Waals surface area (Å²) in [7, 11) is 0. The number of amides is 3. The summed E-state index contributed by atoms with van der Waals surface area (Å²) < 4.78 is 0. The van der Waals surface area contributed by atoms with Crippen LogP contribution in [0, 0.1) is 5.92 Å². The highest BCUT2D eigenvalue weighted by molar-refractivity contribution is 6.00. The molecule has 3 amide bonds. The van der Waals surface area contributed by atoms with Crippen molar-refractivity contribution in [2.45, 2.75) is 45.1 Å². The summed E-state index contributed by atoms with van der Waals surface area (Å²) in [6, 6.07) is 13.7. The number of nitrogens with zero attached hydrogens (tertiary/aromatic N) is 1. The number of hydrogen-bond acceptors (Lipinski definition) is 3. The number of aromatic nitrogens is 2. The zero-order valence-electron chi connectivity index (χ0n) is 17.2. The Morgan fingerprint density at radius 2 is 1.80 bits per heavy atom. The lowest BCUT2D eigenvalue weighted by molar-refractivity contribution is -0.118. The van der Waals surface area contributed by atoms with Gasteiger partial charge in [0.1, 0.15) is 11.9 Å². The number of anilines is 2. The van der Waals surface area contributed by atoms with Gasteiger partial charge in [-0.3, -0.25) is 4.79 Å². The van der Waals surface area contributed by atoms with E-state index in [1.165, 1.54) is 19.3 Å². The molecule has 3 aromatic rings. The van der Waals surface area contributed by atoms with Gasteiger partial charge in [-0.2, -0.15) is 0 Å². The maximum absolute atomic E-state index is 12.9. The highest BCUT2D eigenvalue weighted by atomic mass is 16.2. The van der Waals surface area contributed by atoms with Gasteiger partial charge in [0.25, 0.3) is 0 Å². The van der Waals surface area contributed by atoms with E-state index < -0.39 is 12.1 Å². The van der Waals surface area contributed by atoms with Gasteiger partial charge in [-0.25, -0.2) is 9.78 Å². The van der Waals surface area contributed by atoms with Gasteiger partial charge >= 0.3 is 6.03 Å². The second-order valence-corrected chi connectivity index (χ2v) is 8.16. The zero-order chi connectivity index (χ0) is 21.1. The van der Waals surface area contributed by atoms with Crippen molar-refractivity contribution in [2.24, 2.45) is 5.92 Å². The minimum atomic E-state index is -0.670. The van der Waals surface area contributed by atoms with E-state index in [1.807, 2.05) is 50.2 Å². The number of para-hydroxylation sites is 1. The Balaban J connectivity index is 1.42. The summed E-state index contributed by atoms with van der Waals surface area (Å²) in [4.78, 5) is 33.3. The zero-order valence-corrected chi connectivity index (χ0v) is 17.2. The van der Waals surface area contributed by atoms with Crippen molar-refractivity contribution < 1.29 is 9.59 Å². The van der Waals surface area contributed by atoms with Crippen LogP contribution in [0.25, 0.3) is 11.0 Å². The molecule has 0 saturated heterocycles. The van der Waals surface area contributed by atoms with Gasteiger partial charge < -0.3 is 20.9 Å². The predicted molar refractivity (Wildman–Crippen MR) is 119 cm³/mol. The first-order valence-electron chi connectivity index (χ1n) is 10.4. The van der Waals surface area contributed by atoms with Crippen LogP contribution in [0.4, 0.5) is 16.2 Å². The minimum Gasteiger partial charge on any atom is -0.342 e. The van der Waals surface area contributed by atoms with Crippen molar-refractivity contribution in [3.63, 3.8) is 0 Å².